The minimum Gasteiger partial charge on any atom is -0.495 e. The van der Waals surface area contributed by atoms with Crippen LogP contribution in [0.4, 0.5) is 0 Å². The quantitative estimate of drug-likeness (QED) is 0.568. The van der Waals surface area contributed by atoms with E-state index in [1.165, 1.54) is 0 Å². The molecule has 20 heavy (non-hydrogen) atoms. The Labute approximate surface area is 131 Å². The summed E-state index contributed by atoms with van der Waals surface area (Å²) in [6.07, 6.45) is 0. The summed E-state index contributed by atoms with van der Waals surface area (Å²) in [5.74, 6) is 0.498. The van der Waals surface area contributed by atoms with Gasteiger partial charge in [0.05, 0.1) is 16.1 Å². The number of esters is 1. The number of ether oxygens (including phenoxy) is 2. The molecular weight excluding hydrogens is 371 g/mol. The number of hydrogen-bond donors (Lipinski definition) is 0. The van der Waals surface area contributed by atoms with Crippen LogP contribution in [0.25, 0.3) is 11.0 Å². The fourth-order valence-electron chi connectivity index (χ4n) is 2.00. The Balaban J connectivity index is 2.58. The number of rotatable bonds is 2. The third kappa shape index (κ3) is 2.77. The molecule has 2 aromatic rings. The highest BCUT2D eigenvalue weighted by atomic mass is 127. The van der Waals surface area contributed by atoms with Crippen molar-refractivity contribution in [2.24, 2.45) is 0 Å². The van der Waals surface area contributed by atoms with Crippen LogP contribution in [0.2, 0.25) is 0 Å². The number of benzene rings is 1. The maximum absolute atomic E-state index is 12.2. The second-order valence-electron chi connectivity index (χ2n) is 5.51. The van der Waals surface area contributed by atoms with Crippen molar-refractivity contribution in [2.75, 3.05) is 7.11 Å². The predicted molar refractivity (Wildman–Crippen MR) is 85.4 cm³/mol. The van der Waals surface area contributed by atoms with E-state index in [1.807, 2.05) is 39.8 Å². The summed E-state index contributed by atoms with van der Waals surface area (Å²) >= 11 is 2.19. The van der Waals surface area contributed by atoms with Crippen molar-refractivity contribution in [1.82, 2.24) is 0 Å². The van der Waals surface area contributed by atoms with Crippen molar-refractivity contribution in [3.8, 4) is 5.75 Å². The number of carbonyl (C=O) groups excluding carboxylic acids is 1. The summed E-state index contributed by atoms with van der Waals surface area (Å²) in [6.45, 7) is 7.31. The Morgan fingerprint density at radius 2 is 1.95 bits per heavy atom. The molecule has 0 N–H and O–H groups in total. The molecule has 2 rings (SSSR count). The Kier molecular flexibility index (Phi) is 4.00. The van der Waals surface area contributed by atoms with Crippen molar-refractivity contribution >= 4 is 39.5 Å². The predicted octanol–water partition coefficient (Wildman–Crippen LogP) is 4.31. The van der Waals surface area contributed by atoms with E-state index in [1.54, 1.807) is 7.11 Å². The van der Waals surface area contributed by atoms with Crippen molar-refractivity contribution < 1.29 is 18.7 Å². The Bertz CT molecular complexity index is 665. The SMILES string of the molecule is COc1c(I)ccc2oc(C(=O)OC(C)(C)C)c(C)c12. The highest BCUT2D eigenvalue weighted by molar-refractivity contribution is 14.1. The summed E-state index contributed by atoms with van der Waals surface area (Å²) in [4.78, 5) is 12.2. The fraction of sp³-hybridized carbons (Fsp3) is 0.400. The minimum absolute atomic E-state index is 0.232. The lowest BCUT2D eigenvalue weighted by molar-refractivity contribution is 0.00372. The lowest BCUT2D eigenvalue weighted by atomic mass is 10.1. The smallest absolute Gasteiger partial charge is 0.375 e. The van der Waals surface area contributed by atoms with Gasteiger partial charge in [-0.1, -0.05) is 0 Å². The number of hydrogen-bond acceptors (Lipinski definition) is 4. The summed E-state index contributed by atoms with van der Waals surface area (Å²) in [5, 5.41) is 0.820. The molecule has 0 saturated carbocycles. The molecule has 0 unspecified atom stereocenters. The molecule has 0 amide bonds. The van der Waals surface area contributed by atoms with E-state index in [2.05, 4.69) is 22.6 Å². The van der Waals surface area contributed by atoms with Crippen molar-refractivity contribution in [3.63, 3.8) is 0 Å². The molecule has 0 saturated heterocycles. The number of carbonyl (C=O) groups is 1. The van der Waals surface area contributed by atoms with Gasteiger partial charge < -0.3 is 13.9 Å². The summed E-state index contributed by atoms with van der Waals surface area (Å²) in [7, 11) is 1.61. The van der Waals surface area contributed by atoms with Gasteiger partial charge in [-0.3, -0.25) is 0 Å². The van der Waals surface area contributed by atoms with Crippen molar-refractivity contribution in [3.05, 3.63) is 27.0 Å². The molecule has 0 aliphatic rings. The van der Waals surface area contributed by atoms with E-state index in [0.717, 1.165) is 20.3 Å². The largest absolute Gasteiger partial charge is 0.495 e. The van der Waals surface area contributed by atoms with E-state index >= 15 is 0 Å². The Morgan fingerprint density at radius 3 is 2.50 bits per heavy atom. The minimum atomic E-state index is -0.555. The highest BCUT2D eigenvalue weighted by Gasteiger charge is 2.26. The van der Waals surface area contributed by atoms with Crippen molar-refractivity contribution in [1.29, 1.82) is 0 Å². The average Bonchev–Trinajstić information content (AvgIpc) is 2.65. The van der Waals surface area contributed by atoms with Crippen molar-refractivity contribution in [2.45, 2.75) is 33.3 Å². The second kappa shape index (κ2) is 5.27. The number of aryl methyl sites for hydroxylation is 1. The second-order valence-corrected chi connectivity index (χ2v) is 6.67. The number of fused-ring (bicyclic) bond motifs is 1. The first-order valence-electron chi connectivity index (χ1n) is 6.23. The molecular formula is C15H17IO4. The lowest BCUT2D eigenvalue weighted by Crippen LogP contribution is -2.23. The van der Waals surface area contributed by atoms with Gasteiger partial charge in [-0.25, -0.2) is 4.79 Å². The van der Waals surface area contributed by atoms with Gasteiger partial charge in [0.15, 0.2) is 0 Å². The van der Waals surface area contributed by atoms with Crippen LogP contribution in [-0.4, -0.2) is 18.7 Å². The van der Waals surface area contributed by atoms with Crippen LogP contribution in [0.5, 0.6) is 5.75 Å². The molecule has 1 heterocycles. The fourth-order valence-corrected chi connectivity index (χ4v) is 2.67. The monoisotopic (exact) mass is 388 g/mol. The van der Waals surface area contributed by atoms with E-state index in [0.29, 0.717) is 5.58 Å². The van der Waals surface area contributed by atoms with Gasteiger partial charge in [-0.05, 0) is 62.4 Å². The standard InChI is InChI=1S/C15H17IO4/c1-8-11-10(7-6-9(16)13(11)18-5)19-12(8)14(17)20-15(2,3)4/h6-7H,1-5H3. The molecule has 0 bridgehead atoms. The van der Waals surface area contributed by atoms with E-state index < -0.39 is 11.6 Å². The summed E-state index contributed by atoms with van der Waals surface area (Å²) in [6, 6.07) is 3.73. The first-order valence-corrected chi connectivity index (χ1v) is 7.31. The Morgan fingerprint density at radius 1 is 1.30 bits per heavy atom. The highest BCUT2D eigenvalue weighted by Crippen LogP contribution is 2.36. The number of furan rings is 1. The van der Waals surface area contributed by atoms with Gasteiger partial charge in [-0.15, -0.1) is 0 Å². The number of methoxy groups -OCH3 is 1. The van der Waals surface area contributed by atoms with Crippen LogP contribution in [0.3, 0.4) is 0 Å². The normalized spacial score (nSPS) is 11.7. The lowest BCUT2D eigenvalue weighted by Gasteiger charge is -2.18. The van der Waals surface area contributed by atoms with Gasteiger partial charge in [0.2, 0.25) is 5.76 Å². The first kappa shape index (κ1) is 15.2. The van der Waals surface area contributed by atoms with E-state index in [-0.39, 0.29) is 5.76 Å². The Hall–Kier alpha value is -1.24. The number of halogens is 1. The molecule has 1 aromatic carbocycles. The molecule has 1 aromatic heterocycles. The third-order valence-electron chi connectivity index (χ3n) is 2.79. The molecule has 0 aliphatic heterocycles. The van der Waals surface area contributed by atoms with Gasteiger partial charge in [0.25, 0.3) is 0 Å². The topological polar surface area (TPSA) is 48.7 Å². The van der Waals surface area contributed by atoms with Gasteiger partial charge in [-0.2, -0.15) is 0 Å². The molecule has 0 spiro atoms. The van der Waals surface area contributed by atoms with Crippen LogP contribution in [0.15, 0.2) is 16.5 Å². The average molecular weight is 388 g/mol. The van der Waals surface area contributed by atoms with Gasteiger partial charge in [0.1, 0.15) is 16.9 Å². The van der Waals surface area contributed by atoms with Crippen LogP contribution in [-0.2, 0) is 4.74 Å². The molecule has 4 nitrogen and oxygen atoms in total. The first-order chi connectivity index (χ1) is 9.24. The zero-order valence-electron chi connectivity index (χ0n) is 12.2. The molecule has 108 valence electrons. The van der Waals surface area contributed by atoms with Crippen LogP contribution in [0, 0.1) is 10.5 Å². The molecule has 0 aliphatic carbocycles. The van der Waals surface area contributed by atoms with Crippen LogP contribution >= 0.6 is 22.6 Å². The van der Waals surface area contributed by atoms with E-state index in [4.69, 9.17) is 13.9 Å². The molecule has 0 fully saturated rings. The molecule has 0 atom stereocenters. The van der Waals surface area contributed by atoms with Crippen LogP contribution in [0.1, 0.15) is 36.9 Å². The maximum Gasteiger partial charge on any atom is 0.375 e. The zero-order valence-corrected chi connectivity index (χ0v) is 14.3. The van der Waals surface area contributed by atoms with Gasteiger partial charge >= 0.3 is 5.97 Å². The van der Waals surface area contributed by atoms with E-state index in [9.17, 15) is 4.79 Å². The maximum atomic E-state index is 12.2. The summed E-state index contributed by atoms with van der Waals surface area (Å²) < 4.78 is 17.4. The zero-order chi connectivity index (χ0) is 15.1. The molecule has 0 radical (unpaired) electrons. The van der Waals surface area contributed by atoms with Crippen LogP contribution < -0.4 is 4.74 Å². The van der Waals surface area contributed by atoms with Gasteiger partial charge in [0, 0.05) is 5.56 Å². The molecule has 5 heteroatoms. The summed E-state index contributed by atoms with van der Waals surface area (Å²) in [5.41, 5.74) is 0.811. The third-order valence-corrected chi connectivity index (χ3v) is 3.64.